The summed E-state index contributed by atoms with van der Waals surface area (Å²) in [5, 5.41) is 3.01. The van der Waals surface area contributed by atoms with E-state index in [-0.39, 0.29) is 42.6 Å². The Hall–Kier alpha value is -3.75. The van der Waals surface area contributed by atoms with E-state index >= 15 is 0 Å². The van der Waals surface area contributed by atoms with Gasteiger partial charge in [0.2, 0.25) is 0 Å². The molecule has 1 N–H and O–H groups in total. The number of carbonyl (C=O) groups is 3. The molecule has 2 saturated heterocycles. The van der Waals surface area contributed by atoms with Gasteiger partial charge in [-0.1, -0.05) is 42.5 Å². The van der Waals surface area contributed by atoms with Gasteiger partial charge in [-0.05, 0) is 96.4 Å². The van der Waals surface area contributed by atoms with Crippen LogP contribution in [0.3, 0.4) is 0 Å². The van der Waals surface area contributed by atoms with Crippen molar-refractivity contribution in [1.82, 2.24) is 10.2 Å². The molecule has 2 atom stereocenters. The molecule has 0 saturated carbocycles. The highest BCUT2D eigenvalue weighted by Crippen LogP contribution is 2.32. The van der Waals surface area contributed by atoms with Crippen LogP contribution in [0.1, 0.15) is 71.9 Å². The number of amides is 2. The van der Waals surface area contributed by atoms with Gasteiger partial charge in [-0.3, -0.25) is 4.79 Å². The van der Waals surface area contributed by atoms with Gasteiger partial charge in [0.1, 0.15) is 17.8 Å². The molecule has 2 heterocycles. The second-order valence-electron chi connectivity index (χ2n) is 14.0. The highest BCUT2D eigenvalue weighted by atomic mass is 16.6. The topological polar surface area (TPSA) is 97.4 Å². The number of alkyl carbamates (subject to hydrolysis) is 1. The Morgan fingerprint density at radius 2 is 1.50 bits per heavy atom. The maximum Gasteiger partial charge on any atom is 0.410 e. The normalized spacial score (nSPS) is 18.5. The van der Waals surface area contributed by atoms with E-state index in [9.17, 15) is 14.4 Å². The smallest absolute Gasteiger partial charge is 0.410 e. The van der Waals surface area contributed by atoms with Gasteiger partial charge in [0, 0.05) is 37.9 Å². The van der Waals surface area contributed by atoms with Crippen LogP contribution in [-0.4, -0.2) is 66.5 Å². The molecular weight excluding hydrogens is 558 g/mol. The molecule has 0 bridgehead atoms. The van der Waals surface area contributed by atoms with Crippen molar-refractivity contribution in [3.05, 3.63) is 65.7 Å². The van der Waals surface area contributed by atoms with Crippen molar-refractivity contribution >= 4 is 23.8 Å². The first-order valence-corrected chi connectivity index (χ1v) is 15.8. The summed E-state index contributed by atoms with van der Waals surface area (Å²) in [4.78, 5) is 42.6. The van der Waals surface area contributed by atoms with Gasteiger partial charge in [0.15, 0.2) is 0 Å². The number of anilines is 1. The van der Waals surface area contributed by atoms with Crippen LogP contribution in [-0.2, 0) is 32.0 Å². The van der Waals surface area contributed by atoms with E-state index in [0.717, 1.165) is 49.2 Å². The Kier molecular flexibility index (Phi) is 10.8. The van der Waals surface area contributed by atoms with Crippen molar-refractivity contribution < 1.29 is 28.6 Å². The van der Waals surface area contributed by atoms with Crippen molar-refractivity contribution in [3.8, 4) is 0 Å². The first-order chi connectivity index (χ1) is 20.8. The molecule has 0 spiro atoms. The number of nitrogens with one attached hydrogen (secondary N) is 1. The molecule has 2 aromatic carbocycles. The van der Waals surface area contributed by atoms with E-state index < -0.39 is 11.2 Å². The van der Waals surface area contributed by atoms with E-state index in [1.54, 1.807) is 4.90 Å². The van der Waals surface area contributed by atoms with Gasteiger partial charge < -0.3 is 29.3 Å². The maximum absolute atomic E-state index is 13.5. The summed E-state index contributed by atoms with van der Waals surface area (Å²) in [5.74, 6) is -0.636. The maximum atomic E-state index is 13.5. The first kappa shape index (κ1) is 33.1. The molecular formula is C35H49N3O6. The number of hydrogen-bond donors (Lipinski definition) is 1. The highest BCUT2D eigenvalue weighted by Gasteiger charge is 2.39. The zero-order valence-electron chi connectivity index (χ0n) is 27.1. The fourth-order valence-electron chi connectivity index (χ4n) is 5.78. The van der Waals surface area contributed by atoms with Crippen molar-refractivity contribution in [2.24, 2.45) is 11.8 Å². The molecule has 0 aliphatic carbocycles. The average molecular weight is 608 g/mol. The second kappa shape index (κ2) is 14.4. The van der Waals surface area contributed by atoms with Crippen molar-refractivity contribution in [2.45, 2.75) is 91.1 Å². The van der Waals surface area contributed by atoms with Crippen LogP contribution in [0.2, 0.25) is 0 Å². The third-order valence-electron chi connectivity index (χ3n) is 7.92. The largest absolute Gasteiger partial charge is 0.460 e. The fourth-order valence-corrected chi connectivity index (χ4v) is 5.78. The van der Waals surface area contributed by atoms with Gasteiger partial charge >= 0.3 is 18.2 Å². The molecule has 0 aromatic heterocycles. The summed E-state index contributed by atoms with van der Waals surface area (Å²) in [6, 6.07) is 18.0. The Morgan fingerprint density at radius 3 is 2.16 bits per heavy atom. The molecule has 240 valence electrons. The van der Waals surface area contributed by atoms with Crippen LogP contribution in [0.15, 0.2) is 54.6 Å². The number of ether oxygens (including phenoxy) is 3. The molecule has 4 rings (SSSR count). The summed E-state index contributed by atoms with van der Waals surface area (Å²) in [6.07, 6.45) is 2.14. The molecule has 44 heavy (non-hydrogen) atoms. The molecule has 0 radical (unpaired) electrons. The summed E-state index contributed by atoms with van der Waals surface area (Å²) in [5.41, 5.74) is 1.93. The van der Waals surface area contributed by atoms with E-state index in [2.05, 4.69) is 28.4 Å². The lowest BCUT2D eigenvalue weighted by molar-refractivity contribution is -0.162. The monoisotopic (exact) mass is 607 g/mol. The van der Waals surface area contributed by atoms with E-state index in [1.807, 2.05) is 77.9 Å². The number of rotatable bonds is 8. The van der Waals surface area contributed by atoms with Crippen LogP contribution in [0.5, 0.6) is 0 Å². The molecule has 2 aliphatic heterocycles. The number of likely N-dealkylation sites (tertiary alicyclic amines) is 1. The summed E-state index contributed by atoms with van der Waals surface area (Å²) in [6.45, 7) is 14.1. The minimum atomic E-state index is -0.604. The number of hydrogen-bond acceptors (Lipinski definition) is 7. The Balaban J connectivity index is 1.35. The lowest BCUT2D eigenvalue weighted by Gasteiger charge is -2.34. The number of carbonyl (C=O) groups excluding carboxylic acids is 3. The van der Waals surface area contributed by atoms with Crippen molar-refractivity contribution in [2.75, 3.05) is 31.1 Å². The molecule has 2 aliphatic rings. The predicted molar refractivity (Wildman–Crippen MR) is 170 cm³/mol. The lowest BCUT2D eigenvalue weighted by atomic mass is 9.85. The number of piperidine rings is 1. The average Bonchev–Trinajstić information content (AvgIpc) is 3.44. The molecule has 2 amide bonds. The summed E-state index contributed by atoms with van der Waals surface area (Å²) in [7, 11) is 0. The summed E-state index contributed by atoms with van der Waals surface area (Å²) >= 11 is 0. The zero-order valence-corrected chi connectivity index (χ0v) is 27.1. The third-order valence-corrected chi connectivity index (χ3v) is 7.92. The van der Waals surface area contributed by atoms with Crippen LogP contribution in [0.4, 0.5) is 15.3 Å². The standard InChI is InChI=1S/C35H49N3O6/c1-34(2,3)43-31(39)30(27-15-18-38(23-27)33(41)44-35(4,5)6)22-26-13-10-14-29(21-26)37-19-16-28(17-20-37)36-32(40)42-24-25-11-8-7-9-12-25/h7-14,21,27-28,30H,15-20,22-24H2,1-6H3,(H,36,40)/t27-,30-/m0/s1. The van der Waals surface area contributed by atoms with Crippen molar-refractivity contribution in [3.63, 3.8) is 0 Å². The zero-order chi connectivity index (χ0) is 31.9. The summed E-state index contributed by atoms with van der Waals surface area (Å²) < 4.78 is 16.8. The SMILES string of the molecule is CC(C)(C)OC(=O)[C@@H](Cc1cccc(N2CCC(NC(=O)OCc3ccccc3)CC2)c1)[C@H]1CCN(C(=O)OC(C)(C)C)C1. The van der Waals surface area contributed by atoms with Gasteiger partial charge in [0.25, 0.3) is 0 Å². The van der Waals surface area contributed by atoms with E-state index in [1.165, 1.54) is 0 Å². The predicted octanol–water partition coefficient (Wildman–Crippen LogP) is 6.34. The minimum Gasteiger partial charge on any atom is -0.460 e. The number of benzene rings is 2. The Morgan fingerprint density at radius 1 is 0.841 bits per heavy atom. The molecule has 0 unspecified atom stereocenters. The van der Waals surface area contributed by atoms with E-state index in [0.29, 0.717) is 19.5 Å². The van der Waals surface area contributed by atoms with Gasteiger partial charge in [0.05, 0.1) is 5.92 Å². The van der Waals surface area contributed by atoms with Crippen LogP contribution in [0, 0.1) is 11.8 Å². The number of nitrogens with zero attached hydrogens (tertiary/aromatic N) is 2. The Labute approximate surface area is 262 Å². The molecule has 9 nitrogen and oxygen atoms in total. The lowest BCUT2D eigenvalue weighted by Crippen LogP contribution is -2.44. The highest BCUT2D eigenvalue weighted by molar-refractivity contribution is 5.74. The Bertz CT molecular complexity index is 1260. The number of esters is 1. The van der Waals surface area contributed by atoms with Gasteiger partial charge in [-0.25, -0.2) is 9.59 Å². The van der Waals surface area contributed by atoms with Gasteiger partial charge in [-0.15, -0.1) is 0 Å². The molecule has 9 heteroatoms. The molecule has 2 aromatic rings. The third kappa shape index (κ3) is 10.2. The second-order valence-corrected chi connectivity index (χ2v) is 14.0. The van der Waals surface area contributed by atoms with Crippen LogP contribution >= 0.6 is 0 Å². The van der Waals surface area contributed by atoms with Crippen molar-refractivity contribution in [1.29, 1.82) is 0 Å². The molecule has 2 fully saturated rings. The van der Waals surface area contributed by atoms with E-state index in [4.69, 9.17) is 14.2 Å². The van der Waals surface area contributed by atoms with Crippen LogP contribution < -0.4 is 10.2 Å². The minimum absolute atomic E-state index is 0.0236. The van der Waals surface area contributed by atoms with Gasteiger partial charge in [-0.2, -0.15) is 0 Å². The fraction of sp³-hybridized carbons (Fsp3) is 0.571. The van der Waals surface area contributed by atoms with Crippen LogP contribution in [0.25, 0.3) is 0 Å². The first-order valence-electron chi connectivity index (χ1n) is 15.8. The quantitative estimate of drug-likeness (QED) is 0.276.